The van der Waals surface area contributed by atoms with Crippen molar-refractivity contribution in [2.75, 3.05) is 30.4 Å². The van der Waals surface area contributed by atoms with Gasteiger partial charge in [0.1, 0.15) is 11.8 Å². The third-order valence-electron chi connectivity index (χ3n) is 6.39. The molecule has 8 nitrogen and oxygen atoms in total. The molecule has 0 bridgehead atoms. The lowest BCUT2D eigenvalue weighted by molar-refractivity contribution is 0.219. The molecule has 2 aliphatic rings. The van der Waals surface area contributed by atoms with Crippen LogP contribution in [0.25, 0.3) is 11.3 Å². The lowest BCUT2D eigenvalue weighted by atomic mass is 9.83. The molecule has 1 fully saturated rings. The Morgan fingerprint density at radius 2 is 2.06 bits per heavy atom. The van der Waals surface area contributed by atoms with E-state index in [1.54, 1.807) is 36.5 Å². The Hall–Kier alpha value is -4.14. The van der Waals surface area contributed by atoms with E-state index >= 15 is 0 Å². The third kappa shape index (κ3) is 4.12. The summed E-state index contributed by atoms with van der Waals surface area (Å²) in [6.45, 7) is 3.14. The fourth-order valence-electron chi connectivity index (χ4n) is 4.08. The molecule has 1 atom stereocenters. The van der Waals surface area contributed by atoms with Gasteiger partial charge in [0.15, 0.2) is 0 Å². The van der Waals surface area contributed by atoms with Gasteiger partial charge < -0.3 is 20.5 Å². The van der Waals surface area contributed by atoms with Crippen molar-refractivity contribution in [1.82, 2.24) is 9.97 Å². The van der Waals surface area contributed by atoms with E-state index in [4.69, 9.17) is 4.74 Å². The highest BCUT2D eigenvalue weighted by molar-refractivity contribution is 5.76. The Kier molecular flexibility index (Phi) is 5.53. The van der Waals surface area contributed by atoms with E-state index in [1.807, 2.05) is 13.0 Å². The first-order valence-corrected chi connectivity index (χ1v) is 11.2. The van der Waals surface area contributed by atoms with E-state index in [9.17, 15) is 15.6 Å². The number of nitrogens with one attached hydrogen (secondary N) is 2. The molecule has 1 aromatic heterocycles. The summed E-state index contributed by atoms with van der Waals surface area (Å²) in [5.74, 6) is 1.59. The summed E-state index contributed by atoms with van der Waals surface area (Å²) in [5.41, 5.74) is 4.23. The molecule has 1 saturated carbocycles. The molecule has 0 amide bonds. The van der Waals surface area contributed by atoms with Gasteiger partial charge in [0, 0.05) is 23.7 Å². The quantitative estimate of drug-likeness (QED) is 0.489. The molecule has 0 spiro atoms. The smallest absolute Gasteiger partial charge is 0.227 e. The largest absolute Gasteiger partial charge is 0.491 e. The lowest BCUT2D eigenvalue weighted by Gasteiger charge is -2.21. The second-order valence-corrected chi connectivity index (χ2v) is 9.10. The van der Waals surface area contributed by atoms with Crippen molar-refractivity contribution in [1.29, 1.82) is 10.5 Å². The maximum Gasteiger partial charge on any atom is 0.227 e. The van der Waals surface area contributed by atoms with Crippen LogP contribution in [0.5, 0.6) is 5.75 Å². The number of rotatable bonds is 7. The van der Waals surface area contributed by atoms with Gasteiger partial charge in [0.25, 0.3) is 0 Å². The number of ether oxygens (including phenoxy) is 1. The highest BCUT2D eigenvalue weighted by Gasteiger charge is 2.36. The van der Waals surface area contributed by atoms with Crippen LogP contribution in [-0.4, -0.2) is 34.8 Å². The van der Waals surface area contributed by atoms with E-state index in [2.05, 4.69) is 32.7 Å². The SMILES string of the molecule is CC1(CO)CNc2c(C#N)cc(-c3ccnc(Nc4cc(C#N)ccc4OCC4CC4)n3)cc21. The predicted molar refractivity (Wildman–Crippen MR) is 128 cm³/mol. The Labute approximate surface area is 197 Å². The highest BCUT2D eigenvalue weighted by Crippen LogP contribution is 2.41. The topological polar surface area (TPSA) is 127 Å². The van der Waals surface area contributed by atoms with Crippen LogP contribution in [0.1, 0.15) is 36.5 Å². The summed E-state index contributed by atoms with van der Waals surface area (Å²) in [6.07, 6.45) is 4.01. The van der Waals surface area contributed by atoms with E-state index < -0.39 is 5.41 Å². The molecule has 0 radical (unpaired) electrons. The second kappa shape index (κ2) is 8.66. The molecule has 170 valence electrons. The van der Waals surface area contributed by atoms with Crippen molar-refractivity contribution >= 4 is 17.3 Å². The second-order valence-electron chi connectivity index (χ2n) is 9.10. The summed E-state index contributed by atoms with van der Waals surface area (Å²) < 4.78 is 5.97. The molecule has 5 rings (SSSR count). The van der Waals surface area contributed by atoms with Gasteiger partial charge in [-0.1, -0.05) is 6.92 Å². The summed E-state index contributed by atoms with van der Waals surface area (Å²) >= 11 is 0. The monoisotopic (exact) mass is 452 g/mol. The minimum atomic E-state index is -0.476. The minimum absolute atomic E-state index is 0.0310. The molecule has 1 aliphatic carbocycles. The summed E-state index contributed by atoms with van der Waals surface area (Å²) in [6, 6.07) is 15.2. The van der Waals surface area contributed by atoms with E-state index in [-0.39, 0.29) is 6.61 Å². The molecule has 2 aromatic carbocycles. The Morgan fingerprint density at radius 3 is 2.79 bits per heavy atom. The fraction of sp³-hybridized carbons (Fsp3) is 0.308. The Bertz CT molecular complexity index is 1340. The number of anilines is 3. The number of fused-ring (bicyclic) bond motifs is 1. The fourth-order valence-corrected chi connectivity index (χ4v) is 4.08. The minimum Gasteiger partial charge on any atom is -0.491 e. The Morgan fingerprint density at radius 1 is 1.21 bits per heavy atom. The van der Waals surface area contributed by atoms with Gasteiger partial charge in [-0.25, -0.2) is 9.97 Å². The van der Waals surface area contributed by atoms with Gasteiger partial charge in [0.05, 0.1) is 47.5 Å². The van der Waals surface area contributed by atoms with Crippen LogP contribution >= 0.6 is 0 Å². The number of benzene rings is 2. The average molecular weight is 453 g/mol. The van der Waals surface area contributed by atoms with Crippen LogP contribution in [0.3, 0.4) is 0 Å². The maximum absolute atomic E-state index is 9.96. The van der Waals surface area contributed by atoms with E-state index in [0.717, 1.165) is 16.8 Å². The summed E-state index contributed by atoms with van der Waals surface area (Å²) in [4.78, 5) is 9.01. The zero-order chi connectivity index (χ0) is 23.7. The average Bonchev–Trinajstić information content (AvgIpc) is 3.64. The molecule has 1 unspecified atom stereocenters. The van der Waals surface area contributed by atoms with Gasteiger partial charge in [-0.2, -0.15) is 10.5 Å². The van der Waals surface area contributed by atoms with Crippen LogP contribution in [0.2, 0.25) is 0 Å². The van der Waals surface area contributed by atoms with Crippen molar-refractivity contribution in [3.8, 4) is 29.1 Å². The van der Waals surface area contributed by atoms with Gasteiger partial charge in [-0.3, -0.25) is 0 Å². The van der Waals surface area contributed by atoms with Crippen LogP contribution in [0.15, 0.2) is 42.6 Å². The number of aliphatic hydroxyl groups is 1. The van der Waals surface area contributed by atoms with E-state index in [0.29, 0.717) is 53.3 Å². The van der Waals surface area contributed by atoms with Crippen LogP contribution in [-0.2, 0) is 5.41 Å². The van der Waals surface area contributed by atoms with Gasteiger partial charge in [0.2, 0.25) is 5.95 Å². The molecule has 2 heterocycles. The molecule has 1 aliphatic heterocycles. The normalized spacial score (nSPS) is 18.4. The van der Waals surface area contributed by atoms with Crippen molar-refractivity contribution in [2.24, 2.45) is 5.92 Å². The summed E-state index contributed by atoms with van der Waals surface area (Å²) in [5, 5.41) is 35.4. The number of nitrogens with zero attached hydrogens (tertiary/aromatic N) is 4. The molecule has 34 heavy (non-hydrogen) atoms. The standard InChI is InChI=1S/C26H24N6O2/c1-26(15-33)14-30-24-19(12-28)9-18(10-20(24)26)21-6-7-29-25(31-21)32-22-8-17(11-27)4-5-23(22)34-13-16-2-3-16/h4-10,16,30,33H,2-3,13-15H2,1H3,(H,29,31,32). The van der Waals surface area contributed by atoms with Crippen LogP contribution in [0, 0.1) is 28.6 Å². The number of hydrogen-bond acceptors (Lipinski definition) is 8. The summed E-state index contributed by atoms with van der Waals surface area (Å²) in [7, 11) is 0. The molecule has 3 aromatic rings. The van der Waals surface area contributed by atoms with Crippen molar-refractivity contribution < 1.29 is 9.84 Å². The third-order valence-corrected chi connectivity index (χ3v) is 6.39. The molecule has 0 saturated heterocycles. The first-order chi connectivity index (χ1) is 16.5. The predicted octanol–water partition coefficient (Wildman–Crippen LogP) is 4.09. The zero-order valence-electron chi connectivity index (χ0n) is 18.8. The van der Waals surface area contributed by atoms with Crippen LogP contribution < -0.4 is 15.4 Å². The number of hydrogen-bond donors (Lipinski definition) is 3. The Balaban J connectivity index is 1.48. The van der Waals surface area contributed by atoms with Crippen molar-refractivity contribution in [3.05, 3.63) is 59.3 Å². The van der Waals surface area contributed by atoms with Gasteiger partial charge >= 0.3 is 0 Å². The molecule has 3 N–H and O–H groups in total. The first kappa shape index (κ1) is 21.7. The highest BCUT2D eigenvalue weighted by atomic mass is 16.5. The molecular weight excluding hydrogens is 428 g/mol. The van der Waals surface area contributed by atoms with Crippen LogP contribution in [0.4, 0.5) is 17.3 Å². The van der Waals surface area contributed by atoms with Crippen molar-refractivity contribution in [3.63, 3.8) is 0 Å². The first-order valence-electron chi connectivity index (χ1n) is 11.2. The van der Waals surface area contributed by atoms with Crippen molar-refractivity contribution in [2.45, 2.75) is 25.2 Å². The molecular formula is C26H24N6O2. The maximum atomic E-state index is 9.96. The zero-order valence-corrected chi connectivity index (χ0v) is 18.8. The lowest BCUT2D eigenvalue weighted by Crippen LogP contribution is -2.28. The van der Waals surface area contributed by atoms with E-state index in [1.165, 1.54) is 12.8 Å². The van der Waals surface area contributed by atoms with Gasteiger partial charge in [-0.15, -0.1) is 0 Å². The number of aromatic nitrogens is 2. The number of nitriles is 2. The van der Waals surface area contributed by atoms with Gasteiger partial charge in [-0.05, 0) is 60.7 Å². The number of aliphatic hydroxyl groups excluding tert-OH is 1. The molecule has 8 heteroatoms.